The van der Waals surface area contributed by atoms with Gasteiger partial charge in [0.1, 0.15) is 0 Å². The molecule has 2 rings (SSSR count). The van der Waals surface area contributed by atoms with E-state index in [-0.39, 0.29) is 0 Å². The first kappa shape index (κ1) is 10.2. The van der Waals surface area contributed by atoms with Crippen molar-refractivity contribution >= 4 is 0 Å². The molecule has 0 N–H and O–H groups in total. The Hall–Kier alpha value is -1.30. The second-order valence-electron chi connectivity index (χ2n) is 4.18. The van der Waals surface area contributed by atoms with E-state index in [1.54, 1.807) is 5.57 Å². The van der Waals surface area contributed by atoms with Gasteiger partial charge in [0, 0.05) is 0 Å². The van der Waals surface area contributed by atoms with E-state index in [1.807, 2.05) is 0 Å². The third-order valence-corrected chi connectivity index (χ3v) is 3.12. The molecule has 78 valence electrons. The van der Waals surface area contributed by atoms with Gasteiger partial charge in [-0.15, -0.1) is 0 Å². The lowest BCUT2D eigenvalue weighted by molar-refractivity contribution is 0.651. The Kier molecular flexibility index (Phi) is 3.39. The van der Waals surface area contributed by atoms with Gasteiger partial charge >= 0.3 is 0 Å². The standard InChI is InChI=1S/C15H18/c1-2-14(12-13-8-6-7-9-13)15-10-4-3-5-11-15/h3-8,10-11,14H,2,9,12H2,1H3. The van der Waals surface area contributed by atoms with Gasteiger partial charge in [-0.1, -0.05) is 61.1 Å². The fourth-order valence-corrected chi connectivity index (χ4v) is 2.18. The van der Waals surface area contributed by atoms with Crippen molar-refractivity contribution in [1.29, 1.82) is 0 Å². The van der Waals surface area contributed by atoms with Crippen LogP contribution < -0.4 is 0 Å². The molecule has 0 aromatic heterocycles. The fourth-order valence-electron chi connectivity index (χ4n) is 2.18. The lowest BCUT2D eigenvalue weighted by atomic mass is 9.89. The number of hydrogen-bond donors (Lipinski definition) is 0. The molecule has 0 heterocycles. The van der Waals surface area contributed by atoms with Crippen molar-refractivity contribution in [3.63, 3.8) is 0 Å². The maximum absolute atomic E-state index is 2.28. The summed E-state index contributed by atoms with van der Waals surface area (Å²) in [5.41, 5.74) is 3.05. The molecule has 0 amide bonds. The first-order valence-electron chi connectivity index (χ1n) is 5.79. The molecule has 15 heavy (non-hydrogen) atoms. The van der Waals surface area contributed by atoms with Crippen molar-refractivity contribution in [2.45, 2.75) is 32.1 Å². The average Bonchev–Trinajstić information content (AvgIpc) is 2.80. The number of benzene rings is 1. The first-order valence-corrected chi connectivity index (χ1v) is 5.79. The van der Waals surface area contributed by atoms with E-state index in [0.29, 0.717) is 5.92 Å². The summed E-state index contributed by atoms with van der Waals surface area (Å²) in [6.45, 7) is 2.28. The van der Waals surface area contributed by atoms with Gasteiger partial charge in [-0.3, -0.25) is 0 Å². The quantitative estimate of drug-likeness (QED) is 0.670. The number of hydrogen-bond acceptors (Lipinski definition) is 0. The van der Waals surface area contributed by atoms with Gasteiger partial charge in [-0.05, 0) is 30.7 Å². The van der Waals surface area contributed by atoms with Gasteiger partial charge in [-0.2, -0.15) is 0 Å². The van der Waals surface area contributed by atoms with E-state index in [0.717, 1.165) is 6.42 Å². The van der Waals surface area contributed by atoms with Gasteiger partial charge in [0.25, 0.3) is 0 Å². The normalized spacial score (nSPS) is 16.5. The third-order valence-electron chi connectivity index (χ3n) is 3.12. The highest BCUT2D eigenvalue weighted by atomic mass is 14.2. The van der Waals surface area contributed by atoms with Gasteiger partial charge < -0.3 is 0 Å². The van der Waals surface area contributed by atoms with Crippen molar-refractivity contribution in [1.82, 2.24) is 0 Å². The smallest absolute Gasteiger partial charge is 0.0127 e. The van der Waals surface area contributed by atoms with Gasteiger partial charge in [0.2, 0.25) is 0 Å². The molecular weight excluding hydrogens is 180 g/mol. The Labute approximate surface area is 92.3 Å². The van der Waals surface area contributed by atoms with Crippen LogP contribution in [0.5, 0.6) is 0 Å². The van der Waals surface area contributed by atoms with Crippen LogP contribution in [0.3, 0.4) is 0 Å². The van der Waals surface area contributed by atoms with Crippen molar-refractivity contribution in [2.75, 3.05) is 0 Å². The number of rotatable bonds is 4. The second-order valence-corrected chi connectivity index (χ2v) is 4.18. The average molecular weight is 198 g/mol. The van der Waals surface area contributed by atoms with Crippen LogP contribution in [-0.4, -0.2) is 0 Å². The maximum Gasteiger partial charge on any atom is -0.0127 e. The molecule has 1 atom stereocenters. The minimum absolute atomic E-state index is 0.692. The zero-order valence-electron chi connectivity index (χ0n) is 9.32. The monoisotopic (exact) mass is 198 g/mol. The molecule has 0 aliphatic heterocycles. The SMILES string of the molecule is CCC(CC1=CC=CC1)c1ccccc1. The Bertz CT molecular complexity index is 357. The molecular formula is C15H18. The lowest BCUT2D eigenvalue weighted by Crippen LogP contribution is -1.98. The topological polar surface area (TPSA) is 0 Å². The Morgan fingerprint density at radius 2 is 2.00 bits per heavy atom. The third kappa shape index (κ3) is 2.59. The summed E-state index contributed by atoms with van der Waals surface area (Å²) < 4.78 is 0. The molecule has 1 aliphatic rings. The van der Waals surface area contributed by atoms with Crippen molar-refractivity contribution < 1.29 is 0 Å². The predicted octanol–water partition coefficient (Wildman–Crippen LogP) is 4.46. The minimum Gasteiger partial charge on any atom is -0.0805 e. The zero-order valence-corrected chi connectivity index (χ0v) is 9.32. The molecule has 1 aromatic carbocycles. The lowest BCUT2D eigenvalue weighted by Gasteiger charge is -2.15. The molecule has 0 bridgehead atoms. The number of allylic oxidation sites excluding steroid dienone is 4. The van der Waals surface area contributed by atoms with Crippen LogP contribution in [0.15, 0.2) is 54.1 Å². The van der Waals surface area contributed by atoms with Gasteiger partial charge in [0.15, 0.2) is 0 Å². The molecule has 1 aliphatic carbocycles. The van der Waals surface area contributed by atoms with Gasteiger partial charge in [-0.25, -0.2) is 0 Å². The molecule has 0 radical (unpaired) electrons. The summed E-state index contributed by atoms with van der Waals surface area (Å²) in [6, 6.07) is 10.9. The molecule has 0 heteroatoms. The zero-order chi connectivity index (χ0) is 10.5. The summed E-state index contributed by atoms with van der Waals surface area (Å²) in [7, 11) is 0. The summed E-state index contributed by atoms with van der Waals surface area (Å²) in [5.74, 6) is 0.692. The second kappa shape index (κ2) is 4.97. The van der Waals surface area contributed by atoms with E-state index >= 15 is 0 Å². The van der Waals surface area contributed by atoms with Crippen LogP contribution in [0.4, 0.5) is 0 Å². The molecule has 0 fully saturated rings. The Balaban J connectivity index is 2.05. The molecule has 1 aromatic rings. The summed E-state index contributed by atoms with van der Waals surface area (Å²) in [5, 5.41) is 0. The van der Waals surface area contributed by atoms with E-state index < -0.39 is 0 Å². The van der Waals surface area contributed by atoms with Crippen LogP contribution in [0.1, 0.15) is 37.7 Å². The van der Waals surface area contributed by atoms with Crippen LogP contribution in [-0.2, 0) is 0 Å². The van der Waals surface area contributed by atoms with Crippen molar-refractivity contribution in [3.05, 3.63) is 59.7 Å². The van der Waals surface area contributed by atoms with Crippen LogP contribution in [0.2, 0.25) is 0 Å². The van der Waals surface area contributed by atoms with Crippen molar-refractivity contribution in [2.24, 2.45) is 0 Å². The fraction of sp³-hybridized carbons (Fsp3) is 0.333. The first-order chi connectivity index (χ1) is 7.40. The summed E-state index contributed by atoms with van der Waals surface area (Å²) >= 11 is 0. The van der Waals surface area contributed by atoms with Crippen molar-refractivity contribution in [3.8, 4) is 0 Å². The molecule has 0 saturated carbocycles. The van der Waals surface area contributed by atoms with E-state index in [1.165, 1.54) is 18.4 Å². The van der Waals surface area contributed by atoms with Crippen LogP contribution in [0, 0.1) is 0 Å². The van der Waals surface area contributed by atoms with Crippen LogP contribution in [0.25, 0.3) is 0 Å². The molecule has 0 nitrogen and oxygen atoms in total. The minimum atomic E-state index is 0.692. The van der Waals surface area contributed by atoms with Crippen LogP contribution >= 0.6 is 0 Å². The summed E-state index contributed by atoms with van der Waals surface area (Å²) in [4.78, 5) is 0. The predicted molar refractivity (Wildman–Crippen MR) is 65.9 cm³/mol. The molecule has 1 unspecified atom stereocenters. The highest BCUT2D eigenvalue weighted by molar-refractivity contribution is 5.27. The summed E-state index contributed by atoms with van der Waals surface area (Å²) in [6.07, 6.45) is 10.3. The highest BCUT2D eigenvalue weighted by Gasteiger charge is 2.11. The van der Waals surface area contributed by atoms with E-state index in [9.17, 15) is 0 Å². The van der Waals surface area contributed by atoms with E-state index in [2.05, 4.69) is 55.5 Å². The van der Waals surface area contributed by atoms with E-state index in [4.69, 9.17) is 0 Å². The Morgan fingerprint density at radius 1 is 1.20 bits per heavy atom. The molecule has 0 spiro atoms. The Morgan fingerprint density at radius 3 is 2.60 bits per heavy atom. The van der Waals surface area contributed by atoms with Gasteiger partial charge in [0.05, 0.1) is 0 Å². The maximum atomic E-state index is 2.28. The largest absolute Gasteiger partial charge is 0.0805 e. The molecule has 0 saturated heterocycles. The highest BCUT2D eigenvalue weighted by Crippen LogP contribution is 2.29.